The van der Waals surface area contributed by atoms with Crippen molar-refractivity contribution in [3.8, 4) is 0 Å². The molecule has 1 aliphatic carbocycles. The van der Waals surface area contributed by atoms with Gasteiger partial charge in [-0.25, -0.2) is 0 Å². The molecule has 3 atom stereocenters. The van der Waals surface area contributed by atoms with E-state index in [9.17, 15) is 13.2 Å². The minimum atomic E-state index is -4.03. The van der Waals surface area contributed by atoms with Gasteiger partial charge in [0, 0.05) is 6.04 Å². The van der Waals surface area contributed by atoms with Crippen molar-refractivity contribution in [1.29, 1.82) is 0 Å². The molecular weight excluding hydrogens is 251 g/mol. The van der Waals surface area contributed by atoms with Gasteiger partial charge in [0.2, 0.25) is 0 Å². The zero-order chi connectivity index (χ0) is 14.5. The number of nitrogens with one attached hydrogen (secondary N) is 1. The monoisotopic (exact) mass is 279 g/mol. The van der Waals surface area contributed by atoms with E-state index in [1.807, 2.05) is 7.05 Å². The van der Waals surface area contributed by atoms with Gasteiger partial charge in [-0.2, -0.15) is 13.2 Å². The second-order valence-corrected chi connectivity index (χ2v) is 5.91. The number of hydrogen-bond donors (Lipinski definition) is 1. The third-order valence-corrected chi connectivity index (χ3v) is 4.87. The summed E-state index contributed by atoms with van der Waals surface area (Å²) in [5.41, 5.74) is 0. The van der Waals surface area contributed by atoms with E-state index in [4.69, 9.17) is 0 Å². The first-order chi connectivity index (χ1) is 8.93. The van der Waals surface area contributed by atoms with Crippen LogP contribution in [0, 0.1) is 17.8 Å². The highest BCUT2D eigenvalue weighted by Gasteiger charge is 2.47. The third-order valence-electron chi connectivity index (χ3n) is 4.87. The van der Waals surface area contributed by atoms with Crippen LogP contribution in [0.25, 0.3) is 0 Å². The van der Waals surface area contributed by atoms with Crippen LogP contribution >= 0.6 is 0 Å². The molecule has 0 radical (unpaired) electrons. The standard InChI is InChI=1S/C15H28F3N/c1-4-11(5-2)10-14(19-3)12-8-6-7-9-13(12)15(16,17)18/h11-14,19H,4-10H2,1-3H3. The Morgan fingerprint density at radius 2 is 1.68 bits per heavy atom. The zero-order valence-electron chi connectivity index (χ0n) is 12.4. The van der Waals surface area contributed by atoms with Crippen LogP contribution in [0.5, 0.6) is 0 Å². The summed E-state index contributed by atoms with van der Waals surface area (Å²) in [7, 11) is 1.81. The normalized spacial score (nSPS) is 26.7. The Morgan fingerprint density at radius 3 is 2.16 bits per heavy atom. The Balaban J connectivity index is 2.75. The highest BCUT2D eigenvalue weighted by Crippen LogP contribution is 2.44. The molecular formula is C15H28F3N. The summed E-state index contributed by atoms with van der Waals surface area (Å²) < 4.78 is 39.5. The van der Waals surface area contributed by atoms with Gasteiger partial charge in [0.25, 0.3) is 0 Å². The fraction of sp³-hybridized carbons (Fsp3) is 1.00. The minimum absolute atomic E-state index is 0.0109. The second-order valence-electron chi connectivity index (χ2n) is 5.91. The van der Waals surface area contributed by atoms with Crippen molar-refractivity contribution >= 4 is 0 Å². The van der Waals surface area contributed by atoms with Crippen molar-refractivity contribution in [2.24, 2.45) is 17.8 Å². The highest BCUT2D eigenvalue weighted by atomic mass is 19.4. The van der Waals surface area contributed by atoms with Crippen LogP contribution in [0.4, 0.5) is 13.2 Å². The molecule has 1 N–H and O–H groups in total. The van der Waals surface area contributed by atoms with Crippen molar-refractivity contribution < 1.29 is 13.2 Å². The van der Waals surface area contributed by atoms with Crippen LogP contribution < -0.4 is 5.32 Å². The van der Waals surface area contributed by atoms with Crippen molar-refractivity contribution in [2.45, 2.75) is 71.0 Å². The molecule has 1 saturated carbocycles. The fourth-order valence-electron chi connectivity index (χ4n) is 3.54. The van der Waals surface area contributed by atoms with Crippen LogP contribution in [0.3, 0.4) is 0 Å². The molecule has 0 aliphatic heterocycles. The molecule has 0 aromatic carbocycles. The fourth-order valence-corrected chi connectivity index (χ4v) is 3.54. The molecule has 0 spiro atoms. The first kappa shape index (κ1) is 16.8. The van der Waals surface area contributed by atoms with Crippen LogP contribution in [-0.4, -0.2) is 19.3 Å². The van der Waals surface area contributed by atoms with Gasteiger partial charge in [-0.15, -0.1) is 0 Å². The van der Waals surface area contributed by atoms with Crippen molar-refractivity contribution in [3.63, 3.8) is 0 Å². The Bertz CT molecular complexity index is 248. The number of hydrogen-bond acceptors (Lipinski definition) is 1. The largest absolute Gasteiger partial charge is 0.392 e. The van der Waals surface area contributed by atoms with E-state index in [1.165, 1.54) is 0 Å². The summed E-state index contributed by atoms with van der Waals surface area (Å²) in [5, 5.41) is 3.17. The van der Waals surface area contributed by atoms with E-state index in [0.717, 1.165) is 38.5 Å². The van der Waals surface area contributed by atoms with E-state index in [-0.39, 0.29) is 12.0 Å². The number of rotatable bonds is 6. The second kappa shape index (κ2) is 7.51. The lowest BCUT2D eigenvalue weighted by Gasteiger charge is -2.39. The highest BCUT2D eigenvalue weighted by molar-refractivity contribution is 4.88. The first-order valence-corrected chi connectivity index (χ1v) is 7.67. The summed E-state index contributed by atoms with van der Waals surface area (Å²) in [5.74, 6) is -0.805. The maximum Gasteiger partial charge on any atom is 0.392 e. The maximum absolute atomic E-state index is 13.2. The smallest absolute Gasteiger partial charge is 0.317 e. The molecule has 0 saturated heterocycles. The first-order valence-electron chi connectivity index (χ1n) is 7.67. The molecule has 1 rings (SSSR count). The van der Waals surface area contributed by atoms with E-state index in [1.54, 1.807) is 0 Å². The van der Waals surface area contributed by atoms with Crippen LogP contribution in [0.15, 0.2) is 0 Å². The quantitative estimate of drug-likeness (QED) is 0.738. The van der Waals surface area contributed by atoms with Gasteiger partial charge in [-0.05, 0) is 38.1 Å². The summed E-state index contributed by atoms with van der Waals surface area (Å²) in [4.78, 5) is 0. The van der Waals surface area contributed by atoms with E-state index in [0.29, 0.717) is 12.3 Å². The Morgan fingerprint density at radius 1 is 1.11 bits per heavy atom. The Labute approximate surface area is 115 Å². The summed E-state index contributed by atoms with van der Waals surface area (Å²) in [6.45, 7) is 4.26. The van der Waals surface area contributed by atoms with Crippen molar-refractivity contribution in [2.75, 3.05) is 7.05 Å². The predicted octanol–water partition coefficient (Wildman–Crippen LogP) is 4.77. The predicted molar refractivity (Wildman–Crippen MR) is 73.0 cm³/mol. The van der Waals surface area contributed by atoms with Crippen molar-refractivity contribution in [1.82, 2.24) is 5.32 Å². The van der Waals surface area contributed by atoms with Crippen molar-refractivity contribution in [3.05, 3.63) is 0 Å². The number of halogens is 3. The minimum Gasteiger partial charge on any atom is -0.317 e. The van der Waals surface area contributed by atoms with E-state index in [2.05, 4.69) is 19.2 Å². The number of alkyl halides is 3. The van der Waals surface area contributed by atoms with Gasteiger partial charge >= 0.3 is 6.18 Å². The lowest BCUT2D eigenvalue weighted by atomic mass is 9.72. The summed E-state index contributed by atoms with van der Waals surface area (Å²) in [6, 6.07) is 0.0109. The molecule has 4 heteroatoms. The molecule has 1 fully saturated rings. The average molecular weight is 279 g/mol. The molecule has 0 bridgehead atoms. The summed E-state index contributed by atoms with van der Waals surface area (Å²) >= 11 is 0. The maximum atomic E-state index is 13.2. The van der Waals surface area contributed by atoms with Crippen LogP contribution in [0.1, 0.15) is 58.8 Å². The van der Waals surface area contributed by atoms with Gasteiger partial charge in [0.1, 0.15) is 0 Å². The molecule has 0 heterocycles. The molecule has 114 valence electrons. The van der Waals surface area contributed by atoms with Gasteiger partial charge in [0.05, 0.1) is 5.92 Å². The SMILES string of the molecule is CCC(CC)CC(NC)C1CCCCC1C(F)(F)F. The van der Waals surface area contributed by atoms with Gasteiger partial charge in [-0.1, -0.05) is 39.5 Å². The Hall–Kier alpha value is -0.250. The van der Waals surface area contributed by atoms with Crippen LogP contribution in [-0.2, 0) is 0 Å². The molecule has 1 nitrogen and oxygen atoms in total. The average Bonchev–Trinajstić information content (AvgIpc) is 2.39. The zero-order valence-corrected chi connectivity index (χ0v) is 12.4. The Kier molecular flexibility index (Phi) is 6.64. The van der Waals surface area contributed by atoms with Gasteiger partial charge in [-0.3, -0.25) is 0 Å². The molecule has 19 heavy (non-hydrogen) atoms. The lowest BCUT2D eigenvalue weighted by molar-refractivity contribution is -0.199. The molecule has 0 aromatic rings. The molecule has 3 unspecified atom stereocenters. The molecule has 1 aliphatic rings. The topological polar surface area (TPSA) is 12.0 Å². The molecule has 0 amide bonds. The van der Waals surface area contributed by atoms with Gasteiger partial charge < -0.3 is 5.32 Å². The third kappa shape index (κ3) is 4.66. The summed E-state index contributed by atoms with van der Waals surface area (Å²) in [6.07, 6.45) is 1.65. The lowest BCUT2D eigenvalue weighted by Crippen LogP contribution is -2.45. The van der Waals surface area contributed by atoms with E-state index >= 15 is 0 Å². The van der Waals surface area contributed by atoms with E-state index < -0.39 is 12.1 Å². The van der Waals surface area contributed by atoms with Crippen LogP contribution in [0.2, 0.25) is 0 Å². The van der Waals surface area contributed by atoms with Gasteiger partial charge in [0.15, 0.2) is 0 Å². The molecule has 0 aromatic heterocycles.